The van der Waals surface area contributed by atoms with Gasteiger partial charge in [0.15, 0.2) is 0 Å². The molecule has 0 aromatic heterocycles. The number of hydrogen-bond acceptors (Lipinski definition) is 2. The Kier molecular flexibility index (Phi) is 8.55. The van der Waals surface area contributed by atoms with Crippen molar-refractivity contribution in [3.8, 4) is 22.3 Å². The molecule has 0 saturated heterocycles. The molecule has 11 aromatic carbocycles. The van der Waals surface area contributed by atoms with E-state index in [2.05, 4.69) is 254 Å². The highest BCUT2D eigenvalue weighted by atomic mass is 15.1. The summed E-state index contributed by atoms with van der Waals surface area (Å²) in [6.07, 6.45) is 0. The summed E-state index contributed by atoms with van der Waals surface area (Å²) in [4.78, 5) is 4.81. The van der Waals surface area contributed by atoms with Crippen LogP contribution in [0.5, 0.6) is 0 Å². The Balaban J connectivity index is 1.11. The summed E-state index contributed by atoms with van der Waals surface area (Å²) < 4.78 is 0. The monoisotopic (exact) mass is 804 g/mol. The van der Waals surface area contributed by atoms with Gasteiger partial charge in [0.1, 0.15) is 0 Å². The number of nitrogens with zero attached hydrogens (tertiary/aromatic N) is 2. The number of hydrogen-bond donors (Lipinski definition) is 0. The van der Waals surface area contributed by atoms with Gasteiger partial charge in [-0.15, -0.1) is 0 Å². The van der Waals surface area contributed by atoms with Crippen LogP contribution < -0.4 is 9.80 Å². The molecule has 0 saturated carbocycles. The largest absolute Gasteiger partial charge is 0.310 e. The van der Waals surface area contributed by atoms with E-state index in [1.54, 1.807) is 0 Å². The zero-order valence-corrected chi connectivity index (χ0v) is 35.3. The van der Waals surface area contributed by atoms with Crippen molar-refractivity contribution in [3.63, 3.8) is 0 Å². The van der Waals surface area contributed by atoms with Crippen LogP contribution in [-0.2, 0) is 5.41 Å². The van der Waals surface area contributed by atoms with Crippen molar-refractivity contribution in [2.24, 2.45) is 0 Å². The van der Waals surface area contributed by atoms with Crippen LogP contribution in [0.2, 0.25) is 0 Å². The Morgan fingerprint density at radius 2 is 0.794 bits per heavy atom. The van der Waals surface area contributed by atoms with Crippen LogP contribution in [0.4, 0.5) is 34.1 Å². The summed E-state index contributed by atoms with van der Waals surface area (Å²) in [5.74, 6) is 0. The average molecular weight is 805 g/mol. The van der Waals surface area contributed by atoms with Crippen molar-refractivity contribution in [1.29, 1.82) is 0 Å². The van der Waals surface area contributed by atoms with Gasteiger partial charge in [-0.05, 0) is 149 Å². The van der Waals surface area contributed by atoms with Crippen LogP contribution in [-0.4, -0.2) is 0 Å². The summed E-state index contributed by atoms with van der Waals surface area (Å²) >= 11 is 0. The van der Waals surface area contributed by atoms with Crippen molar-refractivity contribution in [3.05, 3.63) is 242 Å². The fraction of sp³-hybridized carbons (Fsp3) is 0.0492. The highest BCUT2D eigenvalue weighted by molar-refractivity contribution is 6.24. The maximum absolute atomic E-state index is 2.46. The Labute approximate surface area is 368 Å². The molecule has 0 bridgehead atoms. The summed E-state index contributed by atoms with van der Waals surface area (Å²) in [7, 11) is 0. The Bertz CT molecular complexity index is 3540. The molecule has 0 atom stereocenters. The molecule has 12 rings (SSSR count). The van der Waals surface area contributed by atoms with Gasteiger partial charge in [0.25, 0.3) is 0 Å². The summed E-state index contributed by atoms with van der Waals surface area (Å²) in [6, 6.07) is 84.7. The van der Waals surface area contributed by atoms with Crippen molar-refractivity contribution in [2.45, 2.75) is 19.3 Å². The standard InChI is InChI=1S/C61H44N2/c1-61(2)56-28-16-27-52-55-39-50(62(46-23-8-4-9-24-46)48-31-29-41-17-12-14-21-44(41)37-48)33-35-53(55)58(43-19-6-3-7-20-43)60(59(52)56)54-36-34-51(40-57(54)61)63(47-25-10-5-11-26-47)49-32-30-42-18-13-15-22-45(42)38-49/h3-40H,1-2H3. The number of rotatable bonds is 7. The van der Waals surface area contributed by atoms with Gasteiger partial charge < -0.3 is 9.80 Å². The van der Waals surface area contributed by atoms with Gasteiger partial charge in [0, 0.05) is 39.5 Å². The van der Waals surface area contributed by atoms with E-state index in [0.717, 1.165) is 34.1 Å². The lowest BCUT2D eigenvalue weighted by Gasteiger charge is -2.38. The van der Waals surface area contributed by atoms with Gasteiger partial charge in [-0.3, -0.25) is 0 Å². The highest BCUT2D eigenvalue weighted by Gasteiger charge is 2.36. The zero-order valence-electron chi connectivity index (χ0n) is 35.3. The molecule has 63 heavy (non-hydrogen) atoms. The third kappa shape index (κ3) is 6.02. The molecule has 298 valence electrons. The Hall–Kier alpha value is -7.94. The third-order valence-electron chi connectivity index (χ3n) is 13.3. The van der Waals surface area contributed by atoms with Crippen LogP contribution in [0, 0.1) is 0 Å². The fourth-order valence-electron chi connectivity index (χ4n) is 10.3. The average Bonchev–Trinajstić information content (AvgIpc) is 3.34. The first-order valence-corrected chi connectivity index (χ1v) is 21.9. The third-order valence-corrected chi connectivity index (χ3v) is 13.3. The van der Waals surface area contributed by atoms with Gasteiger partial charge >= 0.3 is 0 Å². The summed E-state index contributed by atoms with van der Waals surface area (Å²) in [5.41, 5.74) is 14.2. The minimum absolute atomic E-state index is 0.302. The molecule has 0 unspecified atom stereocenters. The van der Waals surface area contributed by atoms with E-state index in [1.165, 1.54) is 76.5 Å². The van der Waals surface area contributed by atoms with Crippen LogP contribution in [0.25, 0.3) is 65.3 Å². The SMILES string of the molecule is CC1(C)c2cc(N(c3ccccc3)c3ccc4ccccc4c3)ccc2-c2c(-c3ccccc3)c3ccc(N(c4ccccc4)c4ccc5ccccc5c4)cc3c3cccc1c23. The zero-order chi connectivity index (χ0) is 42.1. The second-order valence-corrected chi connectivity index (χ2v) is 17.3. The number of benzene rings is 11. The molecule has 0 spiro atoms. The van der Waals surface area contributed by atoms with E-state index in [-0.39, 0.29) is 5.41 Å². The second kappa shape index (κ2) is 14.6. The maximum Gasteiger partial charge on any atom is 0.0468 e. The minimum Gasteiger partial charge on any atom is -0.310 e. The van der Waals surface area contributed by atoms with Gasteiger partial charge in [0.05, 0.1) is 0 Å². The van der Waals surface area contributed by atoms with Gasteiger partial charge in [-0.2, -0.15) is 0 Å². The van der Waals surface area contributed by atoms with Crippen LogP contribution in [0.3, 0.4) is 0 Å². The van der Waals surface area contributed by atoms with E-state index < -0.39 is 0 Å². The normalized spacial score (nSPS) is 12.7. The Morgan fingerprint density at radius 3 is 1.40 bits per heavy atom. The van der Waals surface area contributed by atoms with Gasteiger partial charge in [0.2, 0.25) is 0 Å². The second-order valence-electron chi connectivity index (χ2n) is 17.3. The van der Waals surface area contributed by atoms with E-state index in [1.807, 2.05) is 0 Å². The van der Waals surface area contributed by atoms with Crippen LogP contribution in [0.1, 0.15) is 25.0 Å². The van der Waals surface area contributed by atoms with Crippen molar-refractivity contribution in [1.82, 2.24) is 0 Å². The molecule has 0 fully saturated rings. The van der Waals surface area contributed by atoms with E-state index in [4.69, 9.17) is 0 Å². The molecule has 0 N–H and O–H groups in total. The number of fused-ring (bicyclic) bond motifs is 6. The molecule has 1 aliphatic rings. The summed E-state index contributed by atoms with van der Waals surface area (Å²) in [5, 5.41) is 10.0. The van der Waals surface area contributed by atoms with Crippen LogP contribution in [0.15, 0.2) is 231 Å². The Morgan fingerprint density at radius 1 is 0.302 bits per heavy atom. The molecule has 0 heterocycles. The van der Waals surface area contributed by atoms with Crippen molar-refractivity contribution >= 4 is 77.2 Å². The van der Waals surface area contributed by atoms with E-state index >= 15 is 0 Å². The quantitative estimate of drug-likeness (QED) is 0.148. The molecular weight excluding hydrogens is 761 g/mol. The first-order chi connectivity index (χ1) is 31.0. The van der Waals surface area contributed by atoms with Crippen LogP contribution >= 0.6 is 0 Å². The molecule has 0 radical (unpaired) electrons. The predicted molar refractivity (Wildman–Crippen MR) is 269 cm³/mol. The van der Waals surface area contributed by atoms with Gasteiger partial charge in [-0.1, -0.05) is 172 Å². The first kappa shape index (κ1) is 36.9. The maximum atomic E-state index is 2.46. The topological polar surface area (TPSA) is 6.48 Å². The fourth-order valence-corrected chi connectivity index (χ4v) is 10.3. The molecular formula is C61H44N2. The first-order valence-electron chi connectivity index (χ1n) is 21.9. The molecule has 11 aromatic rings. The minimum atomic E-state index is -0.302. The van der Waals surface area contributed by atoms with Gasteiger partial charge in [-0.25, -0.2) is 0 Å². The predicted octanol–water partition coefficient (Wildman–Crippen LogP) is 17.2. The lowest BCUT2D eigenvalue weighted by atomic mass is 9.66. The lowest BCUT2D eigenvalue weighted by molar-refractivity contribution is 0.645. The lowest BCUT2D eigenvalue weighted by Crippen LogP contribution is -2.24. The molecule has 0 amide bonds. The van der Waals surface area contributed by atoms with E-state index in [9.17, 15) is 0 Å². The van der Waals surface area contributed by atoms with E-state index in [0.29, 0.717) is 0 Å². The highest BCUT2D eigenvalue weighted by Crippen LogP contribution is 2.56. The molecule has 2 nitrogen and oxygen atoms in total. The summed E-state index contributed by atoms with van der Waals surface area (Å²) in [6.45, 7) is 4.83. The molecule has 1 aliphatic carbocycles. The number of para-hydroxylation sites is 2. The molecule has 0 aliphatic heterocycles. The van der Waals surface area contributed by atoms with Crippen molar-refractivity contribution < 1.29 is 0 Å². The smallest absolute Gasteiger partial charge is 0.0468 e. The number of anilines is 6. The van der Waals surface area contributed by atoms with Crippen molar-refractivity contribution in [2.75, 3.05) is 9.80 Å². The molecule has 2 heteroatoms.